The monoisotopic (exact) mass is 323 g/mol. The molecule has 0 spiro atoms. The molecule has 0 saturated carbocycles. The summed E-state index contributed by atoms with van der Waals surface area (Å²) in [7, 11) is 0. The second-order valence-electron chi connectivity index (χ2n) is 5.32. The molecule has 10 heteroatoms. The largest absolute Gasteiger partial charge is 0.394 e. The van der Waals surface area contributed by atoms with Crippen molar-refractivity contribution in [3.8, 4) is 0 Å². The average Bonchev–Trinajstić information content (AvgIpc) is 2.86. The fourth-order valence-corrected chi connectivity index (χ4v) is 2.61. The number of hydrogen-bond acceptors (Lipinski definition) is 4. The standard InChI is InChI=1S/C12H16F3N3O4/c13-12(14,15)8-4-18(3-7(8)11(16)21)9(19)5-17-1-2-22-6-10(17)20/h7-8H,1-6H2,(H2,16,21)/t7-,8-/m1/s1. The van der Waals surface area contributed by atoms with Crippen LogP contribution in [-0.2, 0) is 19.1 Å². The number of amides is 3. The van der Waals surface area contributed by atoms with E-state index in [1.807, 2.05) is 0 Å². The van der Waals surface area contributed by atoms with E-state index < -0.39 is 42.3 Å². The first-order chi connectivity index (χ1) is 10.2. The normalized spacial score (nSPS) is 26.4. The molecule has 2 rings (SSSR count). The average molecular weight is 323 g/mol. The van der Waals surface area contributed by atoms with Crippen LogP contribution in [0.3, 0.4) is 0 Å². The molecule has 0 radical (unpaired) electrons. The first-order valence-electron chi connectivity index (χ1n) is 6.69. The molecule has 2 heterocycles. The molecule has 22 heavy (non-hydrogen) atoms. The van der Waals surface area contributed by atoms with Crippen molar-refractivity contribution in [1.29, 1.82) is 0 Å². The molecule has 0 bridgehead atoms. The quantitative estimate of drug-likeness (QED) is 0.718. The van der Waals surface area contributed by atoms with Gasteiger partial charge < -0.3 is 20.3 Å². The summed E-state index contributed by atoms with van der Waals surface area (Å²) >= 11 is 0. The van der Waals surface area contributed by atoms with Crippen molar-refractivity contribution in [3.05, 3.63) is 0 Å². The van der Waals surface area contributed by atoms with Crippen LogP contribution >= 0.6 is 0 Å². The van der Waals surface area contributed by atoms with Gasteiger partial charge in [-0.2, -0.15) is 13.2 Å². The predicted molar refractivity (Wildman–Crippen MR) is 66.2 cm³/mol. The Kier molecular flexibility index (Phi) is 4.59. The van der Waals surface area contributed by atoms with Crippen molar-refractivity contribution in [2.75, 3.05) is 39.4 Å². The number of halogens is 3. The van der Waals surface area contributed by atoms with Gasteiger partial charge >= 0.3 is 6.18 Å². The van der Waals surface area contributed by atoms with Crippen LogP contribution in [-0.4, -0.2) is 73.1 Å². The Morgan fingerprint density at radius 1 is 1.32 bits per heavy atom. The second-order valence-corrected chi connectivity index (χ2v) is 5.32. The summed E-state index contributed by atoms with van der Waals surface area (Å²) in [6.45, 7) is -0.986. The maximum Gasteiger partial charge on any atom is 0.394 e. The number of nitrogens with zero attached hydrogens (tertiary/aromatic N) is 2. The highest BCUT2D eigenvalue weighted by Gasteiger charge is 2.52. The van der Waals surface area contributed by atoms with Gasteiger partial charge in [0.25, 0.3) is 0 Å². The van der Waals surface area contributed by atoms with Crippen molar-refractivity contribution < 1.29 is 32.3 Å². The summed E-state index contributed by atoms with van der Waals surface area (Å²) in [5, 5.41) is 0. The van der Waals surface area contributed by atoms with E-state index in [4.69, 9.17) is 10.5 Å². The van der Waals surface area contributed by atoms with Gasteiger partial charge in [-0.1, -0.05) is 0 Å². The zero-order valence-electron chi connectivity index (χ0n) is 11.6. The Morgan fingerprint density at radius 3 is 2.50 bits per heavy atom. The van der Waals surface area contributed by atoms with Crippen LogP contribution in [0.5, 0.6) is 0 Å². The van der Waals surface area contributed by atoms with Crippen molar-refractivity contribution in [2.24, 2.45) is 17.6 Å². The van der Waals surface area contributed by atoms with Crippen LogP contribution in [0.15, 0.2) is 0 Å². The number of alkyl halides is 3. The van der Waals surface area contributed by atoms with E-state index in [0.717, 1.165) is 4.90 Å². The summed E-state index contributed by atoms with van der Waals surface area (Å²) in [4.78, 5) is 36.9. The van der Waals surface area contributed by atoms with E-state index >= 15 is 0 Å². The highest BCUT2D eigenvalue weighted by molar-refractivity contribution is 5.87. The Morgan fingerprint density at radius 2 is 2.00 bits per heavy atom. The van der Waals surface area contributed by atoms with E-state index in [2.05, 4.69) is 0 Å². The van der Waals surface area contributed by atoms with Crippen molar-refractivity contribution in [3.63, 3.8) is 0 Å². The summed E-state index contributed by atoms with van der Waals surface area (Å²) in [5.74, 6) is -5.52. The number of carbonyl (C=O) groups is 3. The number of rotatable bonds is 3. The summed E-state index contributed by atoms with van der Waals surface area (Å²) in [6, 6.07) is 0. The van der Waals surface area contributed by atoms with Crippen molar-refractivity contribution in [1.82, 2.24) is 9.80 Å². The SMILES string of the molecule is NC(=O)[C@@H]1CN(C(=O)CN2CCOCC2=O)C[C@H]1C(F)(F)F. The first kappa shape index (κ1) is 16.5. The summed E-state index contributed by atoms with van der Waals surface area (Å²) < 4.78 is 43.6. The summed E-state index contributed by atoms with van der Waals surface area (Å²) in [6.07, 6.45) is -4.61. The Hall–Kier alpha value is -1.84. The molecule has 0 aliphatic carbocycles. The van der Waals surface area contributed by atoms with Gasteiger partial charge in [0.1, 0.15) is 6.61 Å². The third kappa shape index (κ3) is 3.49. The van der Waals surface area contributed by atoms with E-state index in [0.29, 0.717) is 0 Å². The molecule has 3 amide bonds. The Balaban J connectivity index is 2.02. The van der Waals surface area contributed by atoms with Gasteiger partial charge in [-0.05, 0) is 0 Å². The number of morpholine rings is 1. The topological polar surface area (TPSA) is 92.9 Å². The van der Waals surface area contributed by atoms with Crippen LogP contribution < -0.4 is 5.73 Å². The number of ether oxygens (including phenoxy) is 1. The lowest BCUT2D eigenvalue weighted by Crippen LogP contribution is -2.47. The molecule has 2 aliphatic heterocycles. The highest BCUT2D eigenvalue weighted by Crippen LogP contribution is 2.37. The van der Waals surface area contributed by atoms with E-state index in [9.17, 15) is 27.6 Å². The molecule has 0 aromatic carbocycles. The number of likely N-dealkylation sites (tertiary alicyclic amines) is 1. The lowest BCUT2D eigenvalue weighted by molar-refractivity contribution is -0.183. The van der Waals surface area contributed by atoms with Gasteiger partial charge in [-0.25, -0.2) is 0 Å². The molecule has 2 saturated heterocycles. The van der Waals surface area contributed by atoms with Crippen molar-refractivity contribution >= 4 is 17.7 Å². The fraction of sp³-hybridized carbons (Fsp3) is 0.750. The zero-order chi connectivity index (χ0) is 16.5. The first-order valence-corrected chi connectivity index (χ1v) is 6.69. The summed E-state index contributed by atoms with van der Waals surface area (Å²) in [5.41, 5.74) is 5.00. The molecule has 0 unspecified atom stereocenters. The maximum atomic E-state index is 12.9. The van der Waals surface area contributed by atoms with Gasteiger partial charge in [0.05, 0.1) is 25.0 Å². The molecule has 124 valence electrons. The highest BCUT2D eigenvalue weighted by atomic mass is 19.4. The Labute approximate surface area is 124 Å². The van der Waals surface area contributed by atoms with E-state index in [-0.39, 0.29) is 32.8 Å². The van der Waals surface area contributed by atoms with Crippen LogP contribution in [0, 0.1) is 11.8 Å². The lowest BCUT2D eigenvalue weighted by Gasteiger charge is -2.28. The minimum absolute atomic E-state index is 0.150. The van der Waals surface area contributed by atoms with Crippen LogP contribution in [0.2, 0.25) is 0 Å². The molecular weight excluding hydrogens is 307 g/mol. The maximum absolute atomic E-state index is 12.9. The smallest absolute Gasteiger partial charge is 0.370 e. The van der Waals surface area contributed by atoms with E-state index in [1.54, 1.807) is 0 Å². The molecule has 2 fully saturated rings. The lowest BCUT2D eigenvalue weighted by atomic mass is 9.95. The molecule has 0 aromatic heterocycles. The second kappa shape index (κ2) is 6.11. The minimum Gasteiger partial charge on any atom is -0.370 e. The fourth-order valence-electron chi connectivity index (χ4n) is 2.61. The third-order valence-electron chi connectivity index (χ3n) is 3.87. The van der Waals surface area contributed by atoms with Crippen LogP contribution in [0.4, 0.5) is 13.2 Å². The Bertz CT molecular complexity index is 483. The van der Waals surface area contributed by atoms with Gasteiger partial charge in [0.15, 0.2) is 0 Å². The molecular formula is C12H16F3N3O4. The van der Waals surface area contributed by atoms with Crippen molar-refractivity contribution in [2.45, 2.75) is 6.18 Å². The molecule has 7 nitrogen and oxygen atoms in total. The van der Waals surface area contributed by atoms with Gasteiger partial charge in [-0.3, -0.25) is 14.4 Å². The molecule has 2 aliphatic rings. The van der Waals surface area contributed by atoms with Crippen LogP contribution in [0.1, 0.15) is 0 Å². The third-order valence-corrected chi connectivity index (χ3v) is 3.87. The predicted octanol–water partition coefficient (Wildman–Crippen LogP) is -1.03. The number of carbonyl (C=O) groups excluding carboxylic acids is 3. The van der Waals surface area contributed by atoms with Gasteiger partial charge in [0.2, 0.25) is 17.7 Å². The molecule has 0 aromatic rings. The number of hydrogen-bond donors (Lipinski definition) is 1. The number of nitrogens with two attached hydrogens (primary N) is 1. The number of primary amides is 1. The van der Waals surface area contributed by atoms with E-state index in [1.165, 1.54) is 4.90 Å². The zero-order valence-corrected chi connectivity index (χ0v) is 11.6. The minimum atomic E-state index is -4.61. The molecule has 2 N–H and O–H groups in total. The van der Waals surface area contributed by atoms with Gasteiger partial charge in [0, 0.05) is 19.6 Å². The molecule has 2 atom stereocenters. The van der Waals surface area contributed by atoms with Crippen LogP contribution in [0.25, 0.3) is 0 Å². The van der Waals surface area contributed by atoms with Gasteiger partial charge in [-0.15, -0.1) is 0 Å².